The zero-order valence-electron chi connectivity index (χ0n) is 19.1. The minimum absolute atomic E-state index is 0.0860. The number of anilines is 1. The van der Waals surface area contributed by atoms with Crippen molar-refractivity contribution < 1.29 is 9.18 Å². The molecule has 6 heteroatoms. The van der Waals surface area contributed by atoms with Gasteiger partial charge in [-0.05, 0) is 44.2 Å². The lowest BCUT2D eigenvalue weighted by molar-refractivity contribution is 0.0951. The van der Waals surface area contributed by atoms with Gasteiger partial charge in [-0.1, -0.05) is 46.5 Å². The number of amides is 1. The van der Waals surface area contributed by atoms with Gasteiger partial charge in [0.25, 0.3) is 5.91 Å². The Bertz CT molecular complexity index is 959. The van der Waals surface area contributed by atoms with Crippen LogP contribution in [-0.4, -0.2) is 23.1 Å². The van der Waals surface area contributed by atoms with Gasteiger partial charge in [-0.3, -0.25) is 9.59 Å². The molecule has 170 valence electrons. The second-order valence-electron chi connectivity index (χ2n) is 8.69. The maximum absolute atomic E-state index is 15.0. The predicted octanol–water partition coefficient (Wildman–Crippen LogP) is 5.78. The van der Waals surface area contributed by atoms with Gasteiger partial charge in [-0.15, -0.1) is 0 Å². The number of fused-ring (bicyclic) bond motifs is 1. The molecule has 5 nitrogen and oxygen atoms in total. The lowest BCUT2D eigenvalue weighted by Crippen LogP contribution is -2.31. The van der Waals surface area contributed by atoms with E-state index in [0.717, 1.165) is 51.4 Å². The maximum atomic E-state index is 15.0. The van der Waals surface area contributed by atoms with E-state index in [2.05, 4.69) is 24.5 Å². The highest BCUT2D eigenvalue weighted by Crippen LogP contribution is 2.29. The fourth-order valence-electron chi connectivity index (χ4n) is 4.57. The topological polar surface area (TPSA) is 63.1 Å². The van der Waals surface area contributed by atoms with Crippen LogP contribution in [0.5, 0.6) is 0 Å². The fourth-order valence-corrected chi connectivity index (χ4v) is 4.57. The molecule has 0 aliphatic heterocycles. The Labute approximate surface area is 184 Å². The highest BCUT2D eigenvalue weighted by molar-refractivity contribution is 5.97. The summed E-state index contributed by atoms with van der Waals surface area (Å²) in [7, 11) is 0. The van der Waals surface area contributed by atoms with E-state index < -0.39 is 11.2 Å². The third-order valence-electron chi connectivity index (χ3n) is 6.48. The van der Waals surface area contributed by atoms with E-state index in [9.17, 15) is 9.59 Å². The van der Waals surface area contributed by atoms with Crippen molar-refractivity contribution in [3.8, 4) is 0 Å². The molecular formula is C25H36FN3O2. The van der Waals surface area contributed by atoms with Gasteiger partial charge in [-0.25, -0.2) is 4.39 Å². The van der Waals surface area contributed by atoms with Gasteiger partial charge in [0.2, 0.25) is 5.43 Å². The Kier molecular flexibility index (Phi) is 8.10. The molecule has 1 amide bonds. The standard InChI is InChI=1S/C25H36FN3O2/c1-4-7-13-27-25(31)20-16-29(18(5-2)6-3)23-15-22(21(26)14-19(23)24(20)30)28-17-11-9-8-10-12-17/h14-18,28H,4-13H2,1-3H3,(H,27,31). The van der Waals surface area contributed by atoms with E-state index in [1.165, 1.54) is 12.5 Å². The van der Waals surface area contributed by atoms with Crippen LogP contribution in [0.4, 0.5) is 10.1 Å². The number of halogens is 1. The average Bonchev–Trinajstić information content (AvgIpc) is 2.78. The summed E-state index contributed by atoms with van der Waals surface area (Å²) < 4.78 is 17.0. The quantitative estimate of drug-likeness (QED) is 0.497. The van der Waals surface area contributed by atoms with E-state index in [1.54, 1.807) is 12.3 Å². The Balaban J connectivity index is 2.08. The van der Waals surface area contributed by atoms with Gasteiger partial charge in [-0.2, -0.15) is 0 Å². The van der Waals surface area contributed by atoms with Gasteiger partial charge in [0, 0.05) is 30.2 Å². The minimum atomic E-state index is -0.435. The highest BCUT2D eigenvalue weighted by atomic mass is 19.1. The molecule has 2 N–H and O–H groups in total. The van der Waals surface area contributed by atoms with Crippen molar-refractivity contribution in [1.82, 2.24) is 9.88 Å². The molecule has 1 fully saturated rings. The van der Waals surface area contributed by atoms with Crippen molar-refractivity contribution in [3.05, 3.63) is 39.9 Å². The second-order valence-corrected chi connectivity index (χ2v) is 8.69. The molecule has 1 aliphatic carbocycles. The molecule has 0 saturated heterocycles. The Morgan fingerprint density at radius 3 is 2.52 bits per heavy atom. The molecule has 0 atom stereocenters. The summed E-state index contributed by atoms with van der Waals surface area (Å²) in [4.78, 5) is 25.9. The molecule has 2 aromatic rings. The van der Waals surface area contributed by atoms with Crippen LogP contribution < -0.4 is 16.1 Å². The molecule has 3 rings (SSSR count). The van der Waals surface area contributed by atoms with Crippen LogP contribution in [0.2, 0.25) is 0 Å². The monoisotopic (exact) mass is 429 g/mol. The highest BCUT2D eigenvalue weighted by Gasteiger charge is 2.21. The Hall–Kier alpha value is -2.37. The molecule has 1 aliphatic rings. The van der Waals surface area contributed by atoms with Crippen molar-refractivity contribution in [2.75, 3.05) is 11.9 Å². The summed E-state index contributed by atoms with van der Waals surface area (Å²) in [6.45, 7) is 6.74. The number of hydrogen-bond donors (Lipinski definition) is 2. The smallest absolute Gasteiger partial charge is 0.256 e. The van der Waals surface area contributed by atoms with Crippen molar-refractivity contribution in [2.45, 2.75) is 90.6 Å². The minimum Gasteiger partial charge on any atom is -0.380 e. The summed E-state index contributed by atoms with van der Waals surface area (Å²) in [5.74, 6) is -0.820. The molecule has 0 radical (unpaired) electrons. The lowest BCUT2D eigenvalue weighted by atomic mass is 9.95. The van der Waals surface area contributed by atoms with Crippen LogP contribution in [-0.2, 0) is 0 Å². The Morgan fingerprint density at radius 1 is 1.16 bits per heavy atom. The van der Waals surface area contributed by atoms with Crippen molar-refractivity contribution in [2.24, 2.45) is 0 Å². The molecule has 31 heavy (non-hydrogen) atoms. The van der Waals surface area contributed by atoms with E-state index in [-0.39, 0.29) is 28.9 Å². The van der Waals surface area contributed by atoms with E-state index in [1.807, 2.05) is 11.5 Å². The van der Waals surface area contributed by atoms with Crippen molar-refractivity contribution >= 4 is 22.5 Å². The SMILES string of the molecule is CCCCNC(=O)c1cn(C(CC)CC)c2cc(NC3CCCCC3)c(F)cc2c1=O. The average molecular weight is 430 g/mol. The summed E-state index contributed by atoms with van der Waals surface area (Å²) >= 11 is 0. The third-order valence-corrected chi connectivity index (χ3v) is 6.48. The fraction of sp³-hybridized carbons (Fsp3) is 0.600. The molecule has 0 spiro atoms. The number of unbranched alkanes of at least 4 members (excludes halogenated alkanes) is 1. The first kappa shape index (κ1) is 23.3. The first-order chi connectivity index (χ1) is 15.0. The van der Waals surface area contributed by atoms with Gasteiger partial charge >= 0.3 is 0 Å². The number of nitrogens with zero attached hydrogens (tertiary/aromatic N) is 1. The van der Waals surface area contributed by atoms with Crippen molar-refractivity contribution in [3.63, 3.8) is 0 Å². The maximum Gasteiger partial charge on any atom is 0.256 e. The van der Waals surface area contributed by atoms with Crippen LogP contribution in [0.3, 0.4) is 0 Å². The molecule has 0 bridgehead atoms. The van der Waals surface area contributed by atoms with E-state index in [4.69, 9.17) is 0 Å². The van der Waals surface area contributed by atoms with Crippen LogP contribution >= 0.6 is 0 Å². The first-order valence-electron chi connectivity index (χ1n) is 11.9. The summed E-state index contributed by atoms with van der Waals surface area (Å²) in [5.41, 5.74) is 0.805. The van der Waals surface area contributed by atoms with Crippen LogP contribution in [0, 0.1) is 5.82 Å². The molecule has 0 unspecified atom stereocenters. The predicted molar refractivity (Wildman–Crippen MR) is 126 cm³/mol. The number of aromatic nitrogens is 1. The van der Waals surface area contributed by atoms with Gasteiger partial charge in [0.15, 0.2) is 0 Å². The molecule has 1 heterocycles. The largest absolute Gasteiger partial charge is 0.380 e. The van der Waals surface area contributed by atoms with Gasteiger partial charge in [0.1, 0.15) is 11.4 Å². The number of carbonyl (C=O) groups excluding carboxylic acids is 1. The summed E-state index contributed by atoms with van der Waals surface area (Å²) in [6.07, 6.45) is 10.8. The molecule has 1 saturated carbocycles. The third kappa shape index (κ3) is 5.28. The van der Waals surface area contributed by atoms with Gasteiger partial charge in [0.05, 0.1) is 11.2 Å². The van der Waals surface area contributed by atoms with Crippen molar-refractivity contribution in [1.29, 1.82) is 0 Å². The van der Waals surface area contributed by atoms with Crippen LogP contribution in [0.15, 0.2) is 23.1 Å². The number of pyridine rings is 1. The number of hydrogen-bond acceptors (Lipinski definition) is 3. The van der Waals surface area contributed by atoms with E-state index in [0.29, 0.717) is 17.7 Å². The molecule has 1 aromatic carbocycles. The van der Waals surface area contributed by atoms with Crippen LogP contribution in [0.25, 0.3) is 10.9 Å². The first-order valence-corrected chi connectivity index (χ1v) is 11.9. The summed E-state index contributed by atoms with van der Waals surface area (Å²) in [5, 5.41) is 6.46. The number of benzene rings is 1. The number of nitrogens with one attached hydrogen (secondary N) is 2. The van der Waals surface area contributed by atoms with E-state index >= 15 is 4.39 Å². The molecule has 1 aromatic heterocycles. The number of carbonyl (C=O) groups is 1. The summed E-state index contributed by atoms with van der Waals surface area (Å²) in [6, 6.07) is 3.46. The Morgan fingerprint density at radius 2 is 1.87 bits per heavy atom. The zero-order chi connectivity index (χ0) is 22.4. The molecular weight excluding hydrogens is 393 g/mol. The second kappa shape index (κ2) is 10.8. The lowest BCUT2D eigenvalue weighted by Gasteiger charge is -2.25. The van der Waals surface area contributed by atoms with Crippen LogP contribution in [0.1, 0.15) is 95.0 Å². The van der Waals surface area contributed by atoms with Gasteiger partial charge < -0.3 is 15.2 Å². The zero-order valence-corrected chi connectivity index (χ0v) is 19.1. The normalized spacial score (nSPS) is 14.9. The number of rotatable bonds is 9.